The summed E-state index contributed by atoms with van der Waals surface area (Å²) in [5.74, 6) is 0.0394. The molecule has 174 valence electrons. The molecule has 4 rings (SSSR count). The molecule has 0 saturated carbocycles. The molecule has 0 atom stereocenters. The predicted molar refractivity (Wildman–Crippen MR) is 131 cm³/mol. The Morgan fingerprint density at radius 1 is 1.03 bits per heavy atom. The molecule has 1 fully saturated rings. The molecule has 1 saturated heterocycles. The van der Waals surface area contributed by atoms with Gasteiger partial charge in [-0.15, -0.1) is 0 Å². The van der Waals surface area contributed by atoms with Crippen molar-refractivity contribution in [2.45, 2.75) is 33.1 Å². The summed E-state index contributed by atoms with van der Waals surface area (Å²) in [6.07, 6.45) is 4.12. The van der Waals surface area contributed by atoms with Crippen LogP contribution in [0.25, 0.3) is 17.2 Å². The quantitative estimate of drug-likeness (QED) is 0.605. The molecular weight excluding hydrogens is 418 g/mol. The maximum Gasteiger partial charge on any atom is 0.272 e. The van der Waals surface area contributed by atoms with E-state index in [1.54, 1.807) is 13.1 Å². The van der Waals surface area contributed by atoms with Crippen molar-refractivity contribution in [2.24, 2.45) is 10.7 Å². The van der Waals surface area contributed by atoms with Crippen molar-refractivity contribution in [2.75, 3.05) is 20.1 Å². The Kier molecular flexibility index (Phi) is 8.34. The normalized spacial score (nSPS) is 14.8. The number of amides is 2. The maximum atomic E-state index is 12.6. The fourth-order valence-electron chi connectivity index (χ4n) is 3.79. The molecule has 2 aromatic rings. The van der Waals surface area contributed by atoms with Gasteiger partial charge in [0.1, 0.15) is 5.84 Å². The highest BCUT2D eigenvalue weighted by Crippen LogP contribution is 2.32. The summed E-state index contributed by atoms with van der Waals surface area (Å²) in [7, 11) is 1.54. The highest BCUT2D eigenvalue weighted by molar-refractivity contribution is 6.05. The highest BCUT2D eigenvalue weighted by atomic mass is 16.8. The number of hydrogen-bond acceptors (Lipinski definition) is 6. The molecule has 2 aliphatic rings. The number of fused-ring (bicyclic) bond motifs is 1. The number of benzene rings is 2. The minimum absolute atomic E-state index is 0.0848. The van der Waals surface area contributed by atoms with Crippen molar-refractivity contribution in [3.05, 3.63) is 59.2 Å². The van der Waals surface area contributed by atoms with E-state index < -0.39 is 0 Å². The topological polar surface area (TPSA) is 109 Å². The number of amidine groups is 1. The molecule has 33 heavy (non-hydrogen) atoms. The Hall–Kier alpha value is -3.49. The number of aliphatic imine (C=N–C) groups is 1. The van der Waals surface area contributed by atoms with E-state index in [0.717, 1.165) is 42.6 Å². The van der Waals surface area contributed by atoms with Gasteiger partial charge in [-0.05, 0) is 48.2 Å². The lowest BCUT2D eigenvalue weighted by Gasteiger charge is -2.15. The lowest BCUT2D eigenvalue weighted by Crippen LogP contribution is -2.31. The zero-order valence-corrected chi connectivity index (χ0v) is 19.4. The first kappa shape index (κ1) is 24.2. The number of rotatable bonds is 5. The molecule has 0 aromatic heterocycles. The third kappa shape index (κ3) is 5.85. The lowest BCUT2D eigenvalue weighted by atomic mass is 10.00. The van der Waals surface area contributed by atoms with E-state index in [9.17, 15) is 9.59 Å². The Balaban J connectivity index is 0.00000149. The van der Waals surface area contributed by atoms with Crippen LogP contribution < -0.4 is 16.7 Å². The summed E-state index contributed by atoms with van der Waals surface area (Å²) >= 11 is 0. The number of hydroxylamine groups is 2. The first-order valence-corrected chi connectivity index (χ1v) is 11.3. The second kappa shape index (κ2) is 11.4. The Morgan fingerprint density at radius 3 is 2.36 bits per heavy atom. The van der Waals surface area contributed by atoms with Crippen molar-refractivity contribution in [3.8, 4) is 11.1 Å². The number of carbonyl (C=O) groups is 2. The number of nitrogens with two attached hydrogens (primary N) is 1. The first-order chi connectivity index (χ1) is 16.0. The van der Waals surface area contributed by atoms with Gasteiger partial charge in [0.15, 0.2) is 0 Å². The number of likely N-dealkylation sites (tertiary alicyclic amines) is 1. The van der Waals surface area contributed by atoms with E-state index in [2.05, 4.69) is 16.0 Å². The van der Waals surface area contributed by atoms with Crippen molar-refractivity contribution < 1.29 is 14.5 Å². The molecule has 8 heteroatoms. The minimum Gasteiger partial charge on any atom is -0.387 e. The summed E-state index contributed by atoms with van der Waals surface area (Å²) in [5, 5.41) is 0. The van der Waals surface area contributed by atoms with Crippen molar-refractivity contribution >= 4 is 29.4 Å². The first-order valence-electron chi connectivity index (χ1n) is 11.3. The van der Waals surface area contributed by atoms with Crippen LogP contribution in [0, 0.1) is 0 Å². The number of nitrogens with one attached hydrogen (secondary N) is 2. The predicted octanol–water partition coefficient (Wildman–Crippen LogP) is 3.57. The average molecular weight is 450 g/mol. The molecule has 0 spiro atoms. The molecule has 2 aliphatic heterocycles. The Labute approximate surface area is 194 Å². The molecule has 2 heterocycles. The SMILES string of the molecule is CC.CNONC(=O)C1=Cc2ccc(-c3ccc(C(=O)N4CCCC4)cc3)cc2N=C(N)C1. The van der Waals surface area contributed by atoms with E-state index in [0.29, 0.717) is 22.7 Å². The van der Waals surface area contributed by atoms with Crippen molar-refractivity contribution in [1.82, 2.24) is 15.9 Å². The smallest absolute Gasteiger partial charge is 0.272 e. The molecule has 8 nitrogen and oxygen atoms in total. The summed E-state index contributed by atoms with van der Waals surface area (Å²) in [4.78, 5) is 35.9. The third-order valence-electron chi connectivity index (χ3n) is 5.39. The van der Waals surface area contributed by atoms with E-state index in [1.165, 1.54) is 0 Å². The Morgan fingerprint density at radius 2 is 1.70 bits per heavy atom. The van der Waals surface area contributed by atoms with Crippen LogP contribution in [0.15, 0.2) is 53.0 Å². The van der Waals surface area contributed by atoms with Gasteiger partial charge in [0, 0.05) is 43.3 Å². The van der Waals surface area contributed by atoms with Gasteiger partial charge in [0.2, 0.25) is 0 Å². The van der Waals surface area contributed by atoms with Crippen molar-refractivity contribution in [3.63, 3.8) is 0 Å². The molecule has 0 unspecified atom stereocenters. The van der Waals surface area contributed by atoms with Crippen LogP contribution >= 0.6 is 0 Å². The van der Waals surface area contributed by atoms with Gasteiger partial charge in [-0.25, -0.2) is 10.5 Å². The number of carbonyl (C=O) groups excluding carboxylic acids is 2. The zero-order valence-electron chi connectivity index (χ0n) is 19.4. The van der Waals surface area contributed by atoms with Gasteiger partial charge >= 0.3 is 0 Å². The average Bonchev–Trinajstić information content (AvgIpc) is 3.33. The minimum atomic E-state index is -0.386. The van der Waals surface area contributed by atoms with Crippen LogP contribution in [0.3, 0.4) is 0 Å². The van der Waals surface area contributed by atoms with E-state index in [-0.39, 0.29) is 18.2 Å². The largest absolute Gasteiger partial charge is 0.387 e. The fraction of sp³-hybridized carbons (Fsp3) is 0.320. The van der Waals surface area contributed by atoms with Crippen LogP contribution in [0.4, 0.5) is 5.69 Å². The lowest BCUT2D eigenvalue weighted by molar-refractivity contribution is -0.135. The molecule has 0 aliphatic carbocycles. The van der Waals surface area contributed by atoms with Gasteiger partial charge in [-0.3, -0.25) is 9.59 Å². The molecular formula is C25H31N5O3. The maximum absolute atomic E-state index is 12.6. The van der Waals surface area contributed by atoms with Crippen LogP contribution in [-0.2, 0) is 9.73 Å². The zero-order chi connectivity index (χ0) is 23.8. The second-order valence-corrected chi connectivity index (χ2v) is 7.54. The van der Waals surface area contributed by atoms with Gasteiger partial charge < -0.3 is 10.6 Å². The summed E-state index contributed by atoms with van der Waals surface area (Å²) < 4.78 is 0. The molecule has 0 bridgehead atoms. The van der Waals surface area contributed by atoms with Crippen LogP contribution in [0.1, 0.15) is 49.0 Å². The van der Waals surface area contributed by atoms with E-state index in [1.807, 2.05) is 61.2 Å². The van der Waals surface area contributed by atoms with Gasteiger partial charge in [-0.1, -0.05) is 38.1 Å². The van der Waals surface area contributed by atoms with E-state index >= 15 is 0 Å². The van der Waals surface area contributed by atoms with Gasteiger partial charge in [0.05, 0.1) is 5.69 Å². The van der Waals surface area contributed by atoms with Gasteiger partial charge in [0.25, 0.3) is 11.8 Å². The molecule has 4 N–H and O–H groups in total. The summed E-state index contributed by atoms with van der Waals surface area (Å²) in [5.41, 5.74) is 15.3. The molecule has 0 radical (unpaired) electrons. The fourth-order valence-corrected chi connectivity index (χ4v) is 3.79. The second-order valence-electron chi connectivity index (χ2n) is 7.54. The van der Waals surface area contributed by atoms with Crippen LogP contribution in [0.5, 0.6) is 0 Å². The summed E-state index contributed by atoms with van der Waals surface area (Å²) in [6.45, 7) is 5.67. The standard InChI is InChI=1S/C23H25N5O3.C2H6/c1-25-31-27-22(29)19-12-18-9-8-17(13-20(18)26-21(24)14-19)15-4-6-16(7-5-15)23(30)28-10-2-3-11-28;1-2/h4-9,12-13,25H,2-3,10-11,14H2,1H3,(H2,24,26)(H,27,29);1-2H3. The van der Waals surface area contributed by atoms with Crippen LogP contribution in [-0.4, -0.2) is 42.7 Å². The van der Waals surface area contributed by atoms with Gasteiger partial charge in [-0.2, -0.15) is 10.4 Å². The monoisotopic (exact) mass is 449 g/mol. The summed E-state index contributed by atoms with van der Waals surface area (Å²) in [6, 6.07) is 13.4. The van der Waals surface area contributed by atoms with E-state index in [4.69, 9.17) is 10.7 Å². The molecule has 2 aromatic carbocycles. The number of hydrogen-bond donors (Lipinski definition) is 3. The molecule has 2 amide bonds. The van der Waals surface area contributed by atoms with Crippen LogP contribution in [0.2, 0.25) is 0 Å². The third-order valence-corrected chi connectivity index (χ3v) is 5.39. The van der Waals surface area contributed by atoms with Crippen molar-refractivity contribution in [1.29, 1.82) is 0 Å². The number of nitrogens with zero attached hydrogens (tertiary/aromatic N) is 2. The highest BCUT2D eigenvalue weighted by Gasteiger charge is 2.20. The Bertz CT molecular complexity index is 1050.